The number of alkyl halides is 1. The van der Waals surface area contributed by atoms with E-state index in [9.17, 15) is 9.59 Å². The number of hydrogen-bond donors (Lipinski definition) is 0. The molecule has 0 aromatic carbocycles. The van der Waals surface area contributed by atoms with Gasteiger partial charge in [0.25, 0.3) is 5.79 Å². The Balaban J connectivity index is 1.85. The highest BCUT2D eigenvalue weighted by Crippen LogP contribution is 2.61. The van der Waals surface area contributed by atoms with E-state index in [1.807, 2.05) is 6.92 Å². The van der Waals surface area contributed by atoms with Gasteiger partial charge in [0.15, 0.2) is 0 Å². The summed E-state index contributed by atoms with van der Waals surface area (Å²) in [6.07, 6.45) is 6.68. The minimum absolute atomic E-state index is 0.00440. The quantitative estimate of drug-likeness (QED) is 0.407. The molecule has 124 valence electrons. The summed E-state index contributed by atoms with van der Waals surface area (Å²) in [5.41, 5.74) is -0.328. The Bertz CT molecular complexity index is 440. The summed E-state index contributed by atoms with van der Waals surface area (Å²) in [6.45, 7) is 3.80. The molecule has 0 N–H and O–H groups in total. The normalized spacial score (nSPS) is 38.6. The summed E-state index contributed by atoms with van der Waals surface area (Å²) in [6, 6.07) is 0. The van der Waals surface area contributed by atoms with Crippen LogP contribution in [0.5, 0.6) is 0 Å². The third-order valence-corrected chi connectivity index (χ3v) is 6.23. The minimum atomic E-state index is -1.44. The molecule has 0 spiro atoms. The number of Topliss-reactive ketones (excluding diaryl/α,β-unsaturated/α-hetero) is 1. The number of rotatable bonds is 6. The van der Waals surface area contributed by atoms with Gasteiger partial charge in [-0.1, -0.05) is 15.9 Å². The number of halogens is 1. The summed E-state index contributed by atoms with van der Waals surface area (Å²) in [7, 11) is 0. The molecule has 4 nitrogen and oxygen atoms in total. The van der Waals surface area contributed by atoms with Crippen LogP contribution in [0.3, 0.4) is 0 Å². The van der Waals surface area contributed by atoms with Crippen molar-refractivity contribution in [3.63, 3.8) is 0 Å². The lowest BCUT2D eigenvalue weighted by molar-refractivity contribution is -0.229. The molecule has 4 fully saturated rings. The predicted molar refractivity (Wildman–Crippen MR) is 85.5 cm³/mol. The average Bonchev–Trinajstić information content (AvgIpc) is 2.45. The first-order valence-electron chi connectivity index (χ1n) is 8.37. The second-order valence-electron chi connectivity index (χ2n) is 7.51. The van der Waals surface area contributed by atoms with Gasteiger partial charge in [-0.25, -0.2) is 0 Å². The van der Waals surface area contributed by atoms with Gasteiger partial charge in [0.2, 0.25) is 5.78 Å². The van der Waals surface area contributed by atoms with Gasteiger partial charge >= 0.3 is 5.97 Å². The van der Waals surface area contributed by atoms with Crippen LogP contribution in [0.25, 0.3) is 0 Å². The summed E-state index contributed by atoms with van der Waals surface area (Å²) >= 11 is 3.09. The van der Waals surface area contributed by atoms with Crippen molar-refractivity contribution in [2.24, 2.45) is 23.2 Å². The lowest BCUT2D eigenvalue weighted by atomic mass is 9.48. The highest BCUT2D eigenvalue weighted by atomic mass is 79.9. The van der Waals surface area contributed by atoms with E-state index in [-0.39, 0.29) is 16.5 Å². The number of hydrogen-bond acceptors (Lipinski definition) is 4. The van der Waals surface area contributed by atoms with Crippen molar-refractivity contribution in [3.05, 3.63) is 0 Å². The zero-order valence-electron chi connectivity index (χ0n) is 13.4. The molecule has 0 aliphatic heterocycles. The van der Waals surface area contributed by atoms with Crippen LogP contribution in [0, 0.1) is 23.2 Å². The van der Waals surface area contributed by atoms with Crippen LogP contribution in [0.2, 0.25) is 0 Å². The van der Waals surface area contributed by atoms with Gasteiger partial charge in [0.1, 0.15) is 5.33 Å². The second kappa shape index (κ2) is 5.90. The van der Waals surface area contributed by atoms with Crippen LogP contribution in [0.4, 0.5) is 0 Å². The maximum atomic E-state index is 13.3. The molecule has 22 heavy (non-hydrogen) atoms. The maximum Gasteiger partial charge on any atom is 0.319 e. The van der Waals surface area contributed by atoms with E-state index in [4.69, 9.17) is 9.47 Å². The van der Waals surface area contributed by atoms with Crippen LogP contribution >= 0.6 is 15.9 Å². The lowest BCUT2D eigenvalue weighted by Gasteiger charge is -2.57. The second-order valence-corrected chi connectivity index (χ2v) is 8.07. The highest BCUT2D eigenvalue weighted by Gasteiger charge is 2.59. The Hall–Kier alpha value is -0.420. The fourth-order valence-corrected chi connectivity index (χ4v) is 5.65. The van der Waals surface area contributed by atoms with E-state index in [0.717, 1.165) is 19.3 Å². The third kappa shape index (κ3) is 2.75. The molecule has 1 unspecified atom stereocenters. The van der Waals surface area contributed by atoms with E-state index >= 15 is 0 Å². The molecule has 4 aliphatic rings. The zero-order chi connectivity index (χ0) is 16.0. The molecule has 5 heteroatoms. The molecule has 0 saturated heterocycles. The van der Waals surface area contributed by atoms with Crippen LogP contribution in [-0.2, 0) is 19.1 Å². The number of ketones is 1. The van der Waals surface area contributed by atoms with E-state index < -0.39 is 11.8 Å². The molecule has 0 radical (unpaired) electrons. The average molecular weight is 373 g/mol. The van der Waals surface area contributed by atoms with Gasteiger partial charge in [-0.05, 0) is 63.2 Å². The van der Waals surface area contributed by atoms with Crippen molar-refractivity contribution < 1.29 is 19.1 Å². The monoisotopic (exact) mass is 372 g/mol. The van der Waals surface area contributed by atoms with Crippen molar-refractivity contribution in [2.45, 2.75) is 58.2 Å². The number of carbonyl (C=O) groups excluding carboxylic acids is 2. The molecule has 0 aromatic rings. The standard InChI is InChI=1S/C17H25BrO4/c1-3-21-16(2,22-14(19)10-18)15(20)17-7-11-4-12(8-17)6-13(5-11)9-17/h11-13H,3-10H2,1-2H3. The fourth-order valence-electron chi connectivity index (χ4n) is 5.53. The number of esters is 1. The molecular formula is C17H25BrO4. The molecule has 4 rings (SSSR count). The third-order valence-electron chi connectivity index (χ3n) is 5.77. The van der Waals surface area contributed by atoms with E-state index in [0.29, 0.717) is 24.4 Å². The summed E-state index contributed by atoms with van der Waals surface area (Å²) in [4.78, 5) is 25.1. The number of ether oxygens (including phenoxy) is 2. The van der Waals surface area contributed by atoms with Gasteiger partial charge in [0.05, 0.1) is 0 Å². The van der Waals surface area contributed by atoms with Gasteiger partial charge in [-0.3, -0.25) is 9.59 Å². The Morgan fingerprint density at radius 1 is 1.14 bits per heavy atom. The van der Waals surface area contributed by atoms with E-state index in [1.165, 1.54) is 19.3 Å². The Labute approximate surface area is 140 Å². The van der Waals surface area contributed by atoms with E-state index in [2.05, 4.69) is 15.9 Å². The SMILES string of the molecule is CCOC(C)(OC(=O)CBr)C(=O)C12CC3CC(CC(C3)C1)C2. The fraction of sp³-hybridized carbons (Fsp3) is 0.882. The topological polar surface area (TPSA) is 52.6 Å². The first kappa shape index (κ1) is 16.4. The first-order chi connectivity index (χ1) is 10.4. The molecule has 4 saturated carbocycles. The molecular weight excluding hydrogens is 348 g/mol. The molecule has 4 aliphatic carbocycles. The smallest absolute Gasteiger partial charge is 0.319 e. The molecule has 4 bridgehead atoms. The van der Waals surface area contributed by atoms with Crippen molar-refractivity contribution in [1.82, 2.24) is 0 Å². The molecule has 0 aromatic heterocycles. The Kier molecular flexibility index (Phi) is 4.41. The largest absolute Gasteiger partial charge is 0.425 e. The first-order valence-corrected chi connectivity index (χ1v) is 9.49. The summed E-state index contributed by atoms with van der Waals surface area (Å²) < 4.78 is 11.1. The lowest BCUT2D eigenvalue weighted by Crippen LogP contribution is -2.58. The van der Waals surface area contributed by atoms with Crippen molar-refractivity contribution in [1.29, 1.82) is 0 Å². The molecule has 0 heterocycles. The predicted octanol–water partition coefficient (Wildman–Crippen LogP) is 3.46. The van der Waals surface area contributed by atoms with Crippen molar-refractivity contribution in [2.75, 3.05) is 11.9 Å². The van der Waals surface area contributed by atoms with Crippen LogP contribution in [0.1, 0.15) is 52.4 Å². The summed E-state index contributed by atoms with van der Waals surface area (Å²) in [5, 5.41) is 0.0732. The van der Waals surface area contributed by atoms with Crippen molar-refractivity contribution in [3.8, 4) is 0 Å². The van der Waals surface area contributed by atoms with Crippen LogP contribution < -0.4 is 0 Å². The minimum Gasteiger partial charge on any atom is -0.425 e. The molecule has 0 amide bonds. The Morgan fingerprint density at radius 3 is 2.05 bits per heavy atom. The van der Waals surface area contributed by atoms with Crippen LogP contribution in [-0.4, -0.2) is 29.5 Å². The number of carbonyl (C=O) groups is 2. The van der Waals surface area contributed by atoms with E-state index in [1.54, 1.807) is 6.92 Å². The van der Waals surface area contributed by atoms with Gasteiger partial charge < -0.3 is 9.47 Å². The molecule has 1 atom stereocenters. The summed E-state index contributed by atoms with van der Waals surface area (Å²) in [5.74, 6) is 0.129. The highest BCUT2D eigenvalue weighted by molar-refractivity contribution is 9.09. The van der Waals surface area contributed by atoms with Gasteiger partial charge in [-0.15, -0.1) is 0 Å². The van der Waals surface area contributed by atoms with Crippen LogP contribution in [0.15, 0.2) is 0 Å². The van der Waals surface area contributed by atoms with Gasteiger partial charge in [0, 0.05) is 18.9 Å². The maximum absolute atomic E-state index is 13.3. The van der Waals surface area contributed by atoms with Crippen molar-refractivity contribution >= 4 is 27.7 Å². The van der Waals surface area contributed by atoms with Gasteiger partial charge in [-0.2, -0.15) is 0 Å². The Morgan fingerprint density at radius 2 is 1.64 bits per heavy atom. The zero-order valence-corrected chi connectivity index (χ0v) is 15.0.